The van der Waals surface area contributed by atoms with Crippen LogP contribution in [-0.4, -0.2) is 0 Å². The molecule has 0 unspecified atom stereocenters. The summed E-state index contributed by atoms with van der Waals surface area (Å²) in [7, 11) is 0. The van der Waals surface area contributed by atoms with Crippen LogP contribution in [0.2, 0.25) is 0 Å². The van der Waals surface area contributed by atoms with E-state index < -0.39 is 0 Å². The van der Waals surface area contributed by atoms with Gasteiger partial charge in [0.05, 0.1) is 0 Å². The van der Waals surface area contributed by atoms with Crippen LogP contribution in [0.3, 0.4) is 0 Å². The molecule has 0 amide bonds. The van der Waals surface area contributed by atoms with Gasteiger partial charge >= 0.3 is 0 Å². The van der Waals surface area contributed by atoms with E-state index in [1.807, 2.05) is 0 Å². The Kier molecular flexibility index (Phi) is 1.89. The van der Waals surface area contributed by atoms with Crippen LogP contribution >= 0.6 is 0 Å². The van der Waals surface area contributed by atoms with Gasteiger partial charge in [0.1, 0.15) is 23.7 Å². The fraction of sp³-hybridized carbons (Fsp3) is 0.250. The lowest BCUT2D eigenvalue weighted by molar-refractivity contribution is 1.19. The number of hydrogen-bond donors (Lipinski definition) is 0. The van der Waals surface area contributed by atoms with E-state index in [2.05, 4.69) is 71.0 Å². The average Bonchev–Trinajstić information content (AvgIpc) is 2.53. The summed E-state index contributed by atoms with van der Waals surface area (Å²) in [5, 5.41) is 0. The third-order valence-electron chi connectivity index (χ3n) is 2.23. The summed E-state index contributed by atoms with van der Waals surface area (Å²) in [6, 6.07) is 0. The van der Waals surface area contributed by atoms with Gasteiger partial charge in [0.2, 0.25) is 0 Å². The molecular formula is C16H4. The molecule has 0 fully saturated rings. The Bertz CT molecular complexity index is 494. The Hall–Kier alpha value is -2.64. The molecule has 0 aromatic rings. The van der Waals surface area contributed by atoms with Crippen LogP contribution < -0.4 is 0 Å². The minimum absolute atomic E-state index is 0.211. The van der Waals surface area contributed by atoms with Crippen LogP contribution in [-0.2, 0) is 0 Å². The molecule has 0 aromatic carbocycles. The van der Waals surface area contributed by atoms with Gasteiger partial charge in [-0.1, -0.05) is 71.0 Å². The summed E-state index contributed by atoms with van der Waals surface area (Å²) in [4.78, 5) is 0. The van der Waals surface area contributed by atoms with Crippen molar-refractivity contribution in [2.24, 2.45) is 23.7 Å². The highest BCUT2D eigenvalue weighted by Crippen LogP contribution is 2.06. The summed E-state index contributed by atoms with van der Waals surface area (Å²) in [6.07, 6.45) is 0. The third kappa shape index (κ3) is 1.63. The zero-order valence-corrected chi connectivity index (χ0v) is 8.31. The van der Waals surface area contributed by atoms with Crippen molar-refractivity contribution in [3.8, 4) is 71.0 Å². The van der Waals surface area contributed by atoms with E-state index in [9.17, 15) is 0 Å². The lowest BCUT2D eigenvalue weighted by Gasteiger charge is -1.89. The maximum Gasteiger partial charge on any atom is 0.141 e. The molecule has 0 heteroatoms. The van der Waals surface area contributed by atoms with Gasteiger partial charge in [-0.2, -0.15) is 0 Å². The first kappa shape index (κ1) is 8.65. The second-order valence-electron chi connectivity index (χ2n) is 3.46. The third-order valence-corrected chi connectivity index (χ3v) is 2.23. The van der Waals surface area contributed by atoms with Gasteiger partial charge in [-0.25, -0.2) is 0 Å². The first-order valence-electron chi connectivity index (χ1n) is 4.96. The van der Waals surface area contributed by atoms with Gasteiger partial charge < -0.3 is 0 Å². The minimum Gasteiger partial charge on any atom is -0.0711 e. The first-order chi connectivity index (χ1) is 7.90. The molecule has 0 aliphatic heterocycles. The predicted octanol–water partition coefficient (Wildman–Crippen LogP) is 0.512. The van der Waals surface area contributed by atoms with Crippen molar-refractivity contribution in [1.29, 1.82) is 0 Å². The summed E-state index contributed by atoms with van der Waals surface area (Å²) in [6.45, 7) is 0. The summed E-state index contributed by atoms with van der Waals surface area (Å²) < 4.78 is 0. The molecule has 0 radical (unpaired) electrons. The largest absolute Gasteiger partial charge is 0.141 e. The summed E-state index contributed by atoms with van der Waals surface area (Å²) >= 11 is 0. The molecular weight excluding hydrogens is 192 g/mol. The van der Waals surface area contributed by atoms with Gasteiger partial charge in [-0.05, 0) is 0 Å². The molecule has 68 valence electrons. The molecule has 0 saturated heterocycles. The lowest BCUT2D eigenvalue weighted by atomic mass is 10.1. The second-order valence-corrected chi connectivity index (χ2v) is 3.46. The predicted molar refractivity (Wildman–Crippen MR) is 60.6 cm³/mol. The molecule has 4 aliphatic rings. The van der Waals surface area contributed by atoms with E-state index in [4.69, 9.17) is 0 Å². The van der Waals surface area contributed by atoms with E-state index >= 15 is 0 Å². The van der Waals surface area contributed by atoms with E-state index in [0.29, 0.717) is 0 Å². The highest BCUT2D eigenvalue weighted by atomic mass is 14.1. The molecule has 0 heterocycles. The Morgan fingerprint density at radius 1 is 0.250 bits per heavy atom. The van der Waals surface area contributed by atoms with Gasteiger partial charge in [0.25, 0.3) is 0 Å². The summed E-state index contributed by atoms with van der Waals surface area (Å²) in [5.41, 5.74) is 0. The van der Waals surface area contributed by atoms with E-state index in [1.54, 1.807) is 0 Å². The van der Waals surface area contributed by atoms with E-state index in [1.165, 1.54) is 0 Å². The van der Waals surface area contributed by atoms with Crippen LogP contribution in [0.4, 0.5) is 0 Å². The molecule has 4 rings (SSSR count). The lowest BCUT2D eigenvalue weighted by Crippen LogP contribution is -1.90. The normalized spacial score (nSPS) is 33.0. The SMILES string of the molecule is C1#CC2C#CC3C#CC1C#CC(C#C2)C#C3. The molecule has 0 atom stereocenters. The van der Waals surface area contributed by atoms with Crippen molar-refractivity contribution < 1.29 is 0 Å². The number of hydrogen-bond acceptors (Lipinski definition) is 0. The second kappa shape index (κ2) is 3.50. The van der Waals surface area contributed by atoms with Crippen molar-refractivity contribution in [2.45, 2.75) is 0 Å². The van der Waals surface area contributed by atoms with Gasteiger partial charge in [-0.3, -0.25) is 0 Å². The maximum absolute atomic E-state index is 3.01. The molecule has 0 spiro atoms. The fourth-order valence-electron chi connectivity index (χ4n) is 1.43. The highest BCUT2D eigenvalue weighted by molar-refractivity contribution is 5.47. The smallest absolute Gasteiger partial charge is 0.0711 e. The Labute approximate surface area is 95.2 Å². The molecule has 0 nitrogen and oxygen atoms in total. The standard InChI is InChI=1S/C16H4/c1-2-14-7-9-15-5-3-13(1)4-6-16(10-8-14)12-11-15/h13-16H. The van der Waals surface area contributed by atoms with E-state index in [0.717, 1.165) is 0 Å². The zero-order chi connectivity index (χ0) is 10.8. The fourth-order valence-corrected chi connectivity index (χ4v) is 1.43. The average molecular weight is 196 g/mol. The van der Waals surface area contributed by atoms with Crippen LogP contribution in [0.15, 0.2) is 0 Å². The topological polar surface area (TPSA) is 0 Å². The van der Waals surface area contributed by atoms with Crippen molar-refractivity contribution in [3.63, 3.8) is 0 Å². The first-order valence-corrected chi connectivity index (χ1v) is 4.96. The quantitative estimate of drug-likeness (QED) is 0.495. The van der Waals surface area contributed by atoms with Crippen LogP contribution in [0.1, 0.15) is 0 Å². The minimum atomic E-state index is -0.211. The maximum atomic E-state index is 3.01. The van der Waals surface area contributed by atoms with E-state index in [-0.39, 0.29) is 23.7 Å². The molecule has 0 saturated carbocycles. The van der Waals surface area contributed by atoms with Crippen molar-refractivity contribution >= 4 is 0 Å². The van der Waals surface area contributed by atoms with Gasteiger partial charge in [-0.15, -0.1) is 0 Å². The monoisotopic (exact) mass is 196 g/mol. The number of rotatable bonds is 0. The summed E-state index contributed by atoms with van der Waals surface area (Å²) in [5.74, 6) is 35.3. The molecule has 4 bridgehead atoms. The van der Waals surface area contributed by atoms with Crippen LogP contribution in [0, 0.1) is 94.7 Å². The van der Waals surface area contributed by atoms with Crippen LogP contribution in [0.5, 0.6) is 0 Å². The van der Waals surface area contributed by atoms with Crippen molar-refractivity contribution in [2.75, 3.05) is 0 Å². The van der Waals surface area contributed by atoms with Gasteiger partial charge in [0, 0.05) is 0 Å². The zero-order valence-electron chi connectivity index (χ0n) is 8.31. The molecule has 0 N–H and O–H groups in total. The Morgan fingerprint density at radius 3 is 0.500 bits per heavy atom. The molecule has 4 aliphatic carbocycles. The van der Waals surface area contributed by atoms with Crippen LogP contribution in [0.25, 0.3) is 0 Å². The highest BCUT2D eigenvalue weighted by Gasteiger charge is 2.08. The molecule has 16 heavy (non-hydrogen) atoms. The molecule has 0 aromatic heterocycles. The van der Waals surface area contributed by atoms with Gasteiger partial charge in [0.15, 0.2) is 0 Å². The van der Waals surface area contributed by atoms with Crippen molar-refractivity contribution in [3.05, 3.63) is 0 Å². The van der Waals surface area contributed by atoms with Crippen molar-refractivity contribution in [1.82, 2.24) is 0 Å². The Morgan fingerprint density at radius 2 is 0.375 bits per heavy atom. The Balaban J connectivity index is 2.27.